The van der Waals surface area contributed by atoms with E-state index in [2.05, 4.69) is 58.7 Å². The maximum atomic E-state index is 13.0. The van der Waals surface area contributed by atoms with E-state index < -0.39 is 12.1 Å². The normalized spacial score (nSPS) is 27.6. The highest BCUT2D eigenvalue weighted by Crippen LogP contribution is 2.37. The molecule has 1 aromatic rings. The average molecular weight is 459 g/mol. The molecule has 1 fully saturated rings. The number of nitrogens with one attached hydrogen (secondary N) is 4. The Hall–Kier alpha value is -3.28. The monoisotopic (exact) mass is 458 g/mol. The molecule has 2 amide bonds. The summed E-state index contributed by atoms with van der Waals surface area (Å²) >= 11 is 0. The number of hydrogen-bond donors (Lipinski definition) is 4. The molecule has 4 N–H and O–H groups in total. The van der Waals surface area contributed by atoms with Crippen molar-refractivity contribution in [1.29, 1.82) is 0 Å². The van der Waals surface area contributed by atoms with Gasteiger partial charge in [0.25, 0.3) is 0 Å². The molecular weight excluding hydrogens is 424 g/mol. The molecule has 1 aliphatic carbocycles. The molecule has 0 aromatic heterocycles. The fourth-order valence-corrected chi connectivity index (χ4v) is 5.85. The molecule has 3 aliphatic heterocycles. The second-order valence-corrected chi connectivity index (χ2v) is 9.90. The molecule has 0 spiro atoms. The van der Waals surface area contributed by atoms with Gasteiger partial charge in [-0.1, -0.05) is 29.9 Å². The molecule has 0 bridgehead atoms. The Morgan fingerprint density at radius 3 is 2.32 bits per heavy atom. The summed E-state index contributed by atoms with van der Waals surface area (Å²) in [6, 6.07) is 5.45. The van der Waals surface area contributed by atoms with Crippen LogP contribution >= 0.6 is 0 Å². The van der Waals surface area contributed by atoms with Gasteiger partial charge in [-0.2, -0.15) is 0 Å². The third-order valence-corrected chi connectivity index (χ3v) is 7.63. The maximum Gasteiger partial charge on any atom is 0.243 e. The summed E-state index contributed by atoms with van der Waals surface area (Å²) in [4.78, 5) is 25.9. The average Bonchev–Trinajstić information content (AvgIpc) is 3.41. The van der Waals surface area contributed by atoms with E-state index in [0.29, 0.717) is 12.8 Å². The van der Waals surface area contributed by atoms with Crippen LogP contribution in [0.2, 0.25) is 0 Å². The number of fused-ring (bicyclic) bond motifs is 1. The number of rotatable bonds is 8. The van der Waals surface area contributed by atoms with Crippen LogP contribution in [0.3, 0.4) is 0 Å². The van der Waals surface area contributed by atoms with E-state index in [0.717, 1.165) is 44.5 Å². The maximum absolute atomic E-state index is 13.0. The SMILES string of the molecule is C=CCC1=CC2=C(CC1)C(CC1NC(=O)C(CC3CNc4cc(CC=C)ccc43)NC1=O)CN2. The van der Waals surface area contributed by atoms with Gasteiger partial charge < -0.3 is 21.3 Å². The third kappa shape index (κ3) is 4.41. The first-order valence-electron chi connectivity index (χ1n) is 12.4. The molecule has 0 saturated carbocycles. The van der Waals surface area contributed by atoms with Crippen LogP contribution in [0, 0.1) is 5.92 Å². The first-order chi connectivity index (χ1) is 16.6. The zero-order chi connectivity index (χ0) is 23.7. The van der Waals surface area contributed by atoms with Crippen LogP contribution in [0.15, 0.2) is 66.4 Å². The molecule has 5 rings (SSSR count). The van der Waals surface area contributed by atoms with E-state index in [4.69, 9.17) is 0 Å². The van der Waals surface area contributed by atoms with Crippen LogP contribution in [0.25, 0.3) is 0 Å². The van der Waals surface area contributed by atoms with Crippen LogP contribution in [-0.4, -0.2) is 37.0 Å². The van der Waals surface area contributed by atoms with Gasteiger partial charge in [0.05, 0.1) is 0 Å². The first-order valence-corrected chi connectivity index (χ1v) is 12.4. The Balaban J connectivity index is 1.20. The number of carbonyl (C=O) groups excluding carboxylic acids is 2. The van der Waals surface area contributed by atoms with Crippen molar-refractivity contribution in [2.24, 2.45) is 5.92 Å². The van der Waals surface area contributed by atoms with Crippen molar-refractivity contribution in [3.05, 3.63) is 77.6 Å². The van der Waals surface area contributed by atoms with Gasteiger partial charge in [-0.05, 0) is 67.4 Å². The number of hydrogen-bond acceptors (Lipinski definition) is 4. The Labute approximate surface area is 201 Å². The van der Waals surface area contributed by atoms with Gasteiger partial charge in [0, 0.05) is 36.3 Å². The lowest BCUT2D eigenvalue weighted by Crippen LogP contribution is -2.62. The van der Waals surface area contributed by atoms with Crippen molar-refractivity contribution in [3.63, 3.8) is 0 Å². The quantitative estimate of drug-likeness (QED) is 0.450. The van der Waals surface area contributed by atoms with Crippen LogP contribution in [0.1, 0.15) is 49.1 Å². The summed E-state index contributed by atoms with van der Waals surface area (Å²) in [6.07, 6.45) is 11.1. The van der Waals surface area contributed by atoms with E-state index in [-0.39, 0.29) is 23.7 Å². The minimum absolute atomic E-state index is 0.0649. The molecule has 0 radical (unpaired) electrons. The van der Waals surface area contributed by atoms with Gasteiger partial charge in [0.2, 0.25) is 11.8 Å². The van der Waals surface area contributed by atoms with Gasteiger partial charge in [0.1, 0.15) is 12.1 Å². The summed E-state index contributed by atoms with van der Waals surface area (Å²) in [5.74, 6) is 0.342. The third-order valence-electron chi connectivity index (χ3n) is 7.63. The Morgan fingerprint density at radius 2 is 1.59 bits per heavy atom. The Kier molecular flexibility index (Phi) is 6.31. The van der Waals surface area contributed by atoms with Crippen LogP contribution in [-0.2, 0) is 16.0 Å². The molecule has 6 heteroatoms. The number of benzene rings is 1. The van der Waals surface area contributed by atoms with Crippen LogP contribution in [0.5, 0.6) is 0 Å². The van der Waals surface area contributed by atoms with Crippen molar-refractivity contribution < 1.29 is 9.59 Å². The number of piperazine rings is 1. The van der Waals surface area contributed by atoms with Crippen molar-refractivity contribution >= 4 is 17.5 Å². The standard InChI is InChI=1S/C28H34N4O2/c1-3-5-17-7-9-21-19(15-29-23(21)11-17)13-25-27(33)32-26(28(34)31-25)14-20-16-30-24-12-18(6-4-2)8-10-22(20)24/h3-4,7,9,11-12,19-20,25-26,29-30H,1-2,5-6,8,10,13-16H2,(H,31,34)(H,32,33). The van der Waals surface area contributed by atoms with Gasteiger partial charge >= 0.3 is 0 Å². The second-order valence-electron chi connectivity index (χ2n) is 9.90. The zero-order valence-electron chi connectivity index (χ0n) is 19.7. The van der Waals surface area contributed by atoms with Crippen molar-refractivity contribution in [1.82, 2.24) is 16.0 Å². The molecule has 1 saturated heterocycles. The fourth-order valence-electron chi connectivity index (χ4n) is 5.85. The van der Waals surface area contributed by atoms with Gasteiger partial charge in [-0.3, -0.25) is 9.59 Å². The molecule has 6 nitrogen and oxygen atoms in total. The Morgan fingerprint density at radius 1 is 0.882 bits per heavy atom. The second kappa shape index (κ2) is 9.53. The van der Waals surface area contributed by atoms with Crippen LogP contribution < -0.4 is 21.3 Å². The lowest BCUT2D eigenvalue weighted by molar-refractivity contribution is -0.137. The smallest absolute Gasteiger partial charge is 0.243 e. The topological polar surface area (TPSA) is 82.3 Å². The highest BCUT2D eigenvalue weighted by Gasteiger charge is 2.39. The van der Waals surface area contributed by atoms with Crippen molar-refractivity contribution in [2.45, 2.75) is 56.5 Å². The minimum atomic E-state index is -0.495. The molecule has 178 valence electrons. The summed E-state index contributed by atoms with van der Waals surface area (Å²) in [7, 11) is 0. The number of carbonyl (C=O) groups is 2. The van der Waals surface area contributed by atoms with E-state index in [1.165, 1.54) is 28.0 Å². The van der Waals surface area contributed by atoms with Gasteiger partial charge in [-0.25, -0.2) is 0 Å². The number of anilines is 1. The van der Waals surface area contributed by atoms with Crippen molar-refractivity contribution in [2.75, 3.05) is 18.4 Å². The molecular formula is C28H34N4O2. The zero-order valence-corrected chi connectivity index (χ0v) is 19.7. The molecule has 4 aliphatic rings. The molecule has 4 atom stereocenters. The highest BCUT2D eigenvalue weighted by molar-refractivity contribution is 5.97. The molecule has 34 heavy (non-hydrogen) atoms. The predicted octanol–water partition coefficient (Wildman–Crippen LogP) is 3.46. The van der Waals surface area contributed by atoms with Crippen molar-refractivity contribution in [3.8, 4) is 0 Å². The summed E-state index contributed by atoms with van der Waals surface area (Å²) in [5, 5.41) is 13.0. The van der Waals surface area contributed by atoms with Gasteiger partial charge in [-0.15, -0.1) is 13.2 Å². The first kappa shape index (κ1) is 22.5. The van der Waals surface area contributed by atoms with E-state index in [1.807, 2.05) is 12.2 Å². The largest absolute Gasteiger partial charge is 0.384 e. The highest BCUT2D eigenvalue weighted by atomic mass is 16.2. The fraction of sp³-hybridized carbons (Fsp3) is 0.429. The molecule has 3 heterocycles. The van der Waals surface area contributed by atoms with Crippen LogP contribution in [0.4, 0.5) is 5.69 Å². The lowest BCUT2D eigenvalue weighted by atomic mass is 9.85. The molecule has 1 aromatic carbocycles. The Bertz CT molecular complexity index is 1090. The minimum Gasteiger partial charge on any atom is -0.384 e. The number of amides is 2. The number of allylic oxidation sites excluding steroid dienone is 4. The molecule has 4 unspecified atom stereocenters. The summed E-state index contributed by atoms with van der Waals surface area (Å²) in [5.41, 5.74) is 7.56. The summed E-state index contributed by atoms with van der Waals surface area (Å²) < 4.78 is 0. The van der Waals surface area contributed by atoms with E-state index in [9.17, 15) is 9.59 Å². The van der Waals surface area contributed by atoms with E-state index in [1.54, 1.807) is 0 Å². The van der Waals surface area contributed by atoms with Gasteiger partial charge in [0.15, 0.2) is 0 Å². The predicted molar refractivity (Wildman–Crippen MR) is 135 cm³/mol. The lowest BCUT2D eigenvalue weighted by Gasteiger charge is -2.32. The summed E-state index contributed by atoms with van der Waals surface area (Å²) in [6.45, 7) is 9.25. The van der Waals surface area contributed by atoms with E-state index >= 15 is 0 Å².